The zero-order valence-corrected chi connectivity index (χ0v) is 36.1. The molecule has 277 valence electrons. The van der Waals surface area contributed by atoms with Crippen LogP contribution in [0.25, 0.3) is 61.4 Å². The SMILES string of the molecule is CC(C)Cc1cc(-c2[c-]cccc2)ncc1[Si](C)(C)C.Cc1c[c-]c(-c2nc3ccccc3n2-c2ccccc2)c2oc3nc(C(C)(C)C)ccc3c12.[Ir]. The van der Waals surface area contributed by atoms with Crippen LogP contribution < -0.4 is 5.19 Å². The molecule has 0 unspecified atom stereocenters. The first kappa shape index (κ1) is 39.0. The third-order valence-corrected chi connectivity index (χ3v) is 11.7. The molecule has 0 fully saturated rings. The third kappa shape index (κ3) is 7.90. The molecule has 8 aromatic rings. The number of imidazole rings is 1. The summed E-state index contributed by atoms with van der Waals surface area (Å²) in [4.78, 5) is 14.6. The van der Waals surface area contributed by atoms with Crippen LogP contribution in [-0.4, -0.2) is 27.6 Å². The summed E-state index contributed by atoms with van der Waals surface area (Å²) in [6.45, 7) is 20.3. The van der Waals surface area contributed by atoms with E-state index in [9.17, 15) is 0 Å². The predicted octanol–water partition coefficient (Wildman–Crippen LogP) is 11.7. The molecule has 5 nitrogen and oxygen atoms in total. The minimum atomic E-state index is -1.34. The predicted molar refractivity (Wildman–Crippen MR) is 224 cm³/mol. The second kappa shape index (κ2) is 15.6. The van der Waals surface area contributed by atoms with Crippen molar-refractivity contribution in [3.63, 3.8) is 0 Å². The molecule has 0 bridgehead atoms. The van der Waals surface area contributed by atoms with Gasteiger partial charge >= 0.3 is 0 Å². The Bertz CT molecular complexity index is 2540. The van der Waals surface area contributed by atoms with Gasteiger partial charge in [-0.05, 0) is 59.6 Å². The fraction of sp³-hybridized carbons (Fsp3) is 0.255. The number of pyridine rings is 2. The van der Waals surface area contributed by atoms with Crippen molar-refractivity contribution in [3.05, 3.63) is 138 Å². The summed E-state index contributed by atoms with van der Waals surface area (Å²) in [6.07, 6.45) is 3.24. The molecule has 0 amide bonds. The Balaban J connectivity index is 0.000000205. The van der Waals surface area contributed by atoms with Gasteiger partial charge in [-0.2, -0.15) is 0 Å². The Hall–Kier alpha value is -4.68. The molecule has 4 aromatic heterocycles. The molecule has 1 radical (unpaired) electrons. The molecule has 0 aliphatic rings. The van der Waals surface area contributed by atoms with Crippen molar-refractivity contribution in [2.75, 3.05) is 0 Å². The zero-order chi connectivity index (χ0) is 37.5. The standard InChI is InChI=1S/C29H24N3O.C18H24NSi.Ir/c1-18-14-15-21(26-25(18)20-16-17-24(29(2,3)4)31-28(20)33-26)27-30-22-12-8-9-13-23(22)32(27)19-10-6-5-7-11-19;1-14(2)11-16-12-17(15-9-7-6-8-10-15)19-13-18(16)20(3,4)5;/h5-14,16-17H,1-4H3;6-9,12-14H,11H2,1-5H3;/q2*-1;. The first-order valence-electron chi connectivity index (χ1n) is 18.5. The minimum absolute atomic E-state index is 0. The van der Waals surface area contributed by atoms with Gasteiger partial charge in [0.05, 0.1) is 30.5 Å². The molecule has 0 saturated heterocycles. The van der Waals surface area contributed by atoms with Crippen molar-refractivity contribution in [1.29, 1.82) is 0 Å². The molecule has 0 N–H and O–H groups in total. The summed E-state index contributed by atoms with van der Waals surface area (Å²) in [7, 11) is -1.34. The Morgan fingerprint density at radius 3 is 2.26 bits per heavy atom. The maximum Gasteiger partial charge on any atom is 0.216 e. The van der Waals surface area contributed by atoms with E-state index >= 15 is 0 Å². The van der Waals surface area contributed by atoms with Gasteiger partial charge in [0.15, 0.2) is 0 Å². The molecule has 4 aromatic carbocycles. The van der Waals surface area contributed by atoms with E-state index in [-0.39, 0.29) is 25.5 Å². The minimum Gasteiger partial charge on any atom is -0.486 e. The van der Waals surface area contributed by atoms with Crippen LogP contribution in [0.4, 0.5) is 0 Å². The fourth-order valence-corrected chi connectivity index (χ4v) is 8.55. The normalized spacial score (nSPS) is 11.9. The van der Waals surface area contributed by atoms with E-state index in [0.29, 0.717) is 11.6 Å². The van der Waals surface area contributed by atoms with Crippen molar-refractivity contribution >= 4 is 46.4 Å². The van der Waals surface area contributed by atoms with Crippen LogP contribution in [0.2, 0.25) is 19.6 Å². The molecular formula is C47H48IrN4OSi-2. The quantitative estimate of drug-likeness (QED) is 0.123. The topological polar surface area (TPSA) is 56.7 Å². The number of rotatable bonds is 6. The van der Waals surface area contributed by atoms with Crippen LogP contribution >= 0.6 is 0 Å². The van der Waals surface area contributed by atoms with Gasteiger partial charge in [-0.15, -0.1) is 53.6 Å². The molecular weight excluding hydrogens is 857 g/mol. The van der Waals surface area contributed by atoms with Crippen LogP contribution in [0.15, 0.2) is 114 Å². The summed E-state index contributed by atoms with van der Waals surface area (Å²) in [5.41, 5.74) is 11.0. The van der Waals surface area contributed by atoms with Gasteiger partial charge in [-0.1, -0.05) is 114 Å². The Morgan fingerprint density at radius 1 is 0.852 bits per heavy atom. The molecule has 0 atom stereocenters. The number of aromatic nitrogens is 4. The largest absolute Gasteiger partial charge is 0.486 e. The van der Waals surface area contributed by atoms with E-state index < -0.39 is 8.07 Å². The number of nitrogens with zero attached hydrogens (tertiary/aromatic N) is 4. The van der Waals surface area contributed by atoms with Gasteiger partial charge in [0, 0.05) is 48.5 Å². The Labute approximate surface area is 334 Å². The zero-order valence-electron chi connectivity index (χ0n) is 32.7. The van der Waals surface area contributed by atoms with Gasteiger partial charge in [-0.25, -0.2) is 4.98 Å². The second-order valence-electron chi connectivity index (χ2n) is 16.4. The Morgan fingerprint density at radius 2 is 1.57 bits per heavy atom. The average Bonchev–Trinajstić information content (AvgIpc) is 3.71. The summed E-state index contributed by atoms with van der Waals surface area (Å²) in [5, 5.41) is 3.58. The molecule has 0 aliphatic carbocycles. The average molecular weight is 905 g/mol. The van der Waals surface area contributed by atoms with Gasteiger partial charge < -0.3 is 14.0 Å². The van der Waals surface area contributed by atoms with Crippen molar-refractivity contribution in [1.82, 2.24) is 19.5 Å². The van der Waals surface area contributed by atoms with Gasteiger partial charge in [0.2, 0.25) is 5.71 Å². The van der Waals surface area contributed by atoms with Crippen molar-refractivity contribution in [2.24, 2.45) is 5.92 Å². The number of para-hydroxylation sites is 3. The van der Waals surface area contributed by atoms with E-state index in [4.69, 9.17) is 14.4 Å². The molecule has 0 saturated carbocycles. The molecule has 7 heteroatoms. The van der Waals surface area contributed by atoms with E-state index in [1.54, 1.807) is 0 Å². The molecule has 54 heavy (non-hydrogen) atoms. The molecule has 0 aliphatic heterocycles. The maximum absolute atomic E-state index is 6.45. The smallest absolute Gasteiger partial charge is 0.216 e. The van der Waals surface area contributed by atoms with Crippen LogP contribution in [0.3, 0.4) is 0 Å². The van der Waals surface area contributed by atoms with E-state index in [2.05, 4.69) is 132 Å². The monoisotopic (exact) mass is 905 g/mol. The van der Waals surface area contributed by atoms with Crippen LogP contribution in [0, 0.1) is 25.0 Å². The maximum atomic E-state index is 6.45. The van der Waals surface area contributed by atoms with E-state index in [0.717, 1.165) is 73.4 Å². The summed E-state index contributed by atoms with van der Waals surface area (Å²) in [5.74, 6) is 1.47. The summed E-state index contributed by atoms with van der Waals surface area (Å²) >= 11 is 0. The summed E-state index contributed by atoms with van der Waals surface area (Å²) in [6, 6.07) is 41.8. The Kier molecular flexibility index (Phi) is 11.3. The molecule has 8 rings (SSSR count). The number of aryl methyl sites for hydroxylation is 1. The van der Waals surface area contributed by atoms with Crippen LogP contribution in [0.1, 0.15) is 51.4 Å². The first-order chi connectivity index (χ1) is 25.3. The summed E-state index contributed by atoms with van der Waals surface area (Å²) < 4.78 is 8.62. The van der Waals surface area contributed by atoms with Crippen molar-refractivity contribution in [3.8, 4) is 28.3 Å². The fourth-order valence-electron chi connectivity index (χ4n) is 6.96. The van der Waals surface area contributed by atoms with Crippen LogP contribution in [0.5, 0.6) is 0 Å². The number of fused-ring (bicyclic) bond motifs is 4. The first-order valence-corrected chi connectivity index (χ1v) is 22.0. The van der Waals surface area contributed by atoms with Crippen molar-refractivity contribution < 1.29 is 24.5 Å². The van der Waals surface area contributed by atoms with Gasteiger partial charge in [0.1, 0.15) is 0 Å². The number of hydrogen-bond acceptors (Lipinski definition) is 4. The number of furan rings is 1. The second-order valence-corrected chi connectivity index (χ2v) is 21.4. The number of hydrogen-bond donors (Lipinski definition) is 0. The van der Waals surface area contributed by atoms with Gasteiger partial charge in [-0.3, -0.25) is 4.98 Å². The van der Waals surface area contributed by atoms with E-state index in [1.807, 2.05) is 60.7 Å². The third-order valence-electron chi connectivity index (χ3n) is 9.59. The van der Waals surface area contributed by atoms with Gasteiger partial charge in [0.25, 0.3) is 0 Å². The number of benzene rings is 4. The van der Waals surface area contributed by atoms with Crippen LogP contribution in [-0.2, 0) is 31.9 Å². The van der Waals surface area contributed by atoms with E-state index in [1.165, 1.54) is 10.8 Å². The molecule has 0 spiro atoms. The van der Waals surface area contributed by atoms with Crippen molar-refractivity contribution in [2.45, 2.75) is 73.0 Å². The molecule has 4 heterocycles.